The Balaban J connectivity index is 1.95. The summed E-state index contributed by atoms with van der Waals surface area (Å²) in [5.41, 5.74) is 1.10. The maximum absolute atomic E-state index is 4.32. The second kappa shape index (κ2) is 6.54. The summed E-state index contributed by atoms with van der Waals surface area (Å²) in [7, 11) is 0. The number of aromatic nitrogens is 4. The molecule has 4 nitrogen and oxygen atoms in total. The first kappa shape index (κ1) is 13.1. The van der Waals surface area contributed by atoms with Crippen molar-refractivity contribution in [3.05, 3.63) is 36.4 Å². The second-order valence-corrected chi connectivity index (χ2v) is 5.62. The van der Waals surface area contributed by atoms with E-state index in [1.165, 1.54) is 0 Å². The molecule has 0 fully saturated rings. The van der Waals surface area contributed by atoms with Crippen molar-refractivity contribution >= 4 is 11.8 Å². The van der Waals surface area contributed by atoms with Gasteiger partial charge >= 0.3 is 0 Å². The minimum absolute atomic E-state index is 0.572. The van der Waals surface area contributed by atoms with Gasteiger partial charge in [-0.15, -0.1) is 10.2 Å². The predicted octanol–water partition coefficient (Wildman–Crippen LogP) is 2.81. The zero-order valence-electron chi connectivity index (χ0n) is 10.8. The number of thioether (sulfide) groups is 1. The second-order valence-electron chi connectivity index (χ2n) is 4.21. The number of nitrogens with zero attached hydrogens (tertiary/aromatic N) is 4. The van der Waals surface area contributed by atoms with Crippen molar-refractivity contribution in [2.75, 3.05) is 0 Å². The van der Waals surface area contributed by atoms with Crippen LogP contribution in [0.15, 0.2) is 35.9 Å². The van der Waals surface area contributed by atoms with Crippen LogP contribution in [0, 0.1) is 0 Å². The van der Waals surface area contributed by atoms with Crippen LogP contribution < -0.4 is 0 Å². The Bertz CT molecular complexity index is 469. The van der Waals surface area contributed by atoms with Gasteiger partial charge in [0.15, 0.2) is 5.16 Å². The van der Waals surface area contributed by atoms with E-state index in [-0.39, 0.29) is 0 Å². The summed E-state index contributed by atoms with van der Waals surface area (Å²) in [5.74, 6) is 0. The molecule has 0 aliphatic carbocycles. The third-order valence-corrected chi connectivity index (χ3v) is 4.06. The third-order valence-electron chi connectivity index (χ3n) is 2.80. The zero-order chi connectivity index (χ0) is 12.8. The Labute approximate surface area is 112 Å². The monoisotopic (exact) mass is 262 g/mol. The van der Waals surface area contributed by atoms with E-state index in [4.69, 9.17) is 0 Å². The maximum Gasteiger partial charge on any atom is 0.191 e. The quantitative estimate of drug-likeness (QED) is 0.751. The SMILES string of the molecule is CC[C@@H](C)Sc1nncn1CCc1ccccn1. The first-order chi connectivity index (χ1) is 8.79. The molecular weight excluding hydrogens is 244 g/mol. The van der Waals surface area contributed by atoms with Gasteiger partial charge in [0.25, 0.3) is 0 Å². The molecule has 18 heavy (non-hydrogen) atoms. The summed E-state index contributed by atoms with van der Waals surface area (Å²) < 4.78 is 2.10. The summed E-state index contributed by atoms with van der Waals surface area (Å²) in [6.45, 7) is 5.28. The van der Waals surface area contributed by atoms with Crippen LogP contribution in [-0.4, -0.2) is 25.0 Å². The van der Waals surface area contributed by atoms with E-state index in [0.717, 1.165) is 30.2 Å². The molecule has 0 bridgehead atoms. The summed E-state index contributed by atoms with van der Waals surface area (Å²) in [6, 6.07) is 6.00. The molecule has 0 unspecified atom stereocenters. The molecule has 96 valence electrons. The highest BCUT2D eigenvalue weighted by atomic mass is 32.2. The van der Waals surface area contributed by atoms with Crippen molar-refractivity contribution in [2.24, 2.45) is 0 Å². The number of hydrogen-bond donors (Lipinski definition) is 0. The van der Waals surface area contributed by atoms with Gasteiger partial charge in [-0.3, -0.25) is 4.98 Å². The van der Waals surface area contributed by atoms with Crippen LogP contribution in [0.5, 0.6) is 0 Å². The summed E-state index contributed by atoms with van der Waals surface area (Å²) in [4.78, 5) is 4.32. The molecule has 0 saturated carbocycles. The van der Waals surface area contributed by atoms with Crippen LogP contribution in [0.2, 0.25) is 0 Å². The third kappa shape index (κ3) is 3.57. The smallest absolute Gasteiger partial charge is 0.191 e. The fraction of sp³-hybridized carbons (Fsp3) is 0.462. The van der Waals surface area contributed by atoms with Crippen LogP contribution in [-0.2, 0) is 13.0 Å². The Morgan fingerprint density at radius 1 is 1.39 bits per heavy atom. The molecule has 0 aliphatic heterocycles. The highest BCUT2D eigenvalue weighted by molar-refractivity contribution is 7.99. The van der Waals surface area contributed by atoms with E-state index in [0.29, 0.717) is 5.25 Å². The highest BCUT2D eigenvalue weighted by Gasteiger charge is 2.09. The molecule has 0 saturated heterocycles. The highest BCUT2D eigenvalue weighted by Crippen LogP contribution is 2.22. The summed E-state index contributed by atoms with van der Waals surface area (Å²) in [6.07, 6.45) is 5.68. The predicted molar refractivity (Wildman–Crippen MR) is 73.6 cm³/mol. The average Bonchev–Trinajstić information content (AvgIpc) is 2.84. The standard InChI is InChI=1S/C13H18N4S/c1-3-11(2)18-13-16-15-10-17(13)9-7-12-6-4-5-8-14-12/h4-6,8,10-11H,3,7,9H2,1-2H3/t11-/m1/s1. The van der Waals surface area contributed by atoms with Gasteiger partial charge < -0.3 is 4.57 Å². The first-order valence-electron chi connectivity index (χ1n) is 6.24. The molecule has 0 spiro atoms. The lowest BCUT2D eigenvalue weighted by Gasteiger charge is -2.09. The van der Waals surface area contributed by atoms with Crippen molar-refractivity contribution in [3.8, 4) is 0 Å². The molecule has 0 radical (unpaired) electrons. The van der Waals surface area contributed by atoms with Crippen molar-refractivity contribution in [2.45, 2.75) is 43.6 Å². The van der Waals surface area contributed by atoms with Gasteiger partial charge in [-0.1, -0.05) is 31.7 Å². The van der Waals surface area contributed by atoms with E-state index in [1.54, 1.807) is 18.1 Å². The summed E-state index contributed by atoms with van der Waals surface area (Å²) >= 11 is 1.78. The normalized spacial score (nSPS) is 12.6. The Morgan fingerprint density at radius 3 is 3.00 bits per heavy atom. The molecule has 2 aromatic rings. The molecule has 1 atom stereocenters. The molecular formula is C13H18N4S. The molecule has 5 heteroatoms. The Kier molecular flexibility index (Phi) is 4.75. The van der Waals surface area contributed by atoms with Crippen molar-refractivity contribution < 1.29 is 0 Å². The minimum atomic E-state index is 0.572. The van der Waals surface area contributed by atoms with Gasteiger partial charge in [0.05, 0.1) is 0 Å². The maximum atomic E-state index is 4.32. The van der Waals surface area contributed by atoms with Crippen LogP contribution in [0.3, 0.4) is 0 Å². The van der Waals surface area contributed by atoms with Gasteiger partial charge in [-0.2, -0.15) is 0 Å². The number of aryl methyl sites for hydroxylation is 2. The number of pyridine rings is 1. The lowest BCUT2D eigenvalue weighted by molar-refractivity contribution is 0.625. The number of rotatable bonds is 6. The molecule has 0 N–H and O–H groups in total. The average molecular weight is 262 g/mol. The van der Waals surface area contributed by atoms with Crippen molar-refractivity contribution in [3.63, 3.8) is 0 Å². The van der Waals surface area contributed by atoms with Gasteiger partial charge in [-0.25, -0.2) is 0 Å². The molecule has 0 amide bonds. The van der Waals surface area contributed by atoms with E-state index in [2.05, 4.69) is 33.6 Å². The molecule has 0 aliphatic rings. The van der Waals surface area contributed by atoms with Crippen LogP contribution in [0.4, 0.5) is 0 Å². The van der Waals surface area contributed by atoms with E-state index in [9.17, 15) is 0 Å². The minimum Gasteiger partial charge on any atom is -0.308 e. The van der Waals surface area contributed by atoms with Gasteiger partial charge in [0, 0.05) is 30.1 Å². The van der Waals surface area contributed by atoms with Crippen molar-refractivity contribution in [1.29, 1.82) is 0 Å². The molecule has 0 aromatic carbocycles. The van der Waals surface area contributed by atoms with Gasteiger partial charge in [0.2, 0.25) is 0 Å². The zero-order valence-corrected chi connectivity index (χ0v) is 11.6. The molecule has 2 aromatic heterocycles. The van der Waals surface area contributed by atoms with E-state index >= 15 is 0 Å². The van der Waals surface area contributed by atoms with E-state index < -0.39 is 0 Å². The number of hydrogen-bond acceptors (Lipinski definition) is 4. The van der Waals surface area contributed by atoms with Crippen LogP contribution >= 0.6 is 11.8 Å². The lowest BCUT2D eigenvalue weighted by atomic mass is 10.3. The van der Waals surface area contributed by atoms with Gasteiger partial charge in [0.1, 0.15) is 6.33 Å². The molecule has 2 rings (SSSR count). The first-order valence-corrected chi connectivity index (χ1v) is 7.12. The van der Waals surface area contributed by atoms with Crippen LogP contribution in [0.25, 0.3) is 0 Å². The van der Waals surface area contributed by atoms with Crippen molar-refractivity contribution in [1.82, 2.24) is 19.7 Å². The summed E-state index contributed by atoms with van der Waals surface area (Å²) in [5, 5.41) is 9.74. The Morgan fingerprint density at radius 2 is 2.28 bits per heavy atom. The largest absolute Gasteiger partial charge is 0.308 e. The lowest BCUT2D eigenvalue weighted by Crippen LogP contribution is -2.05. The Hall–Kier alpha value is -1.36. The molecule has 2 heterocycles. The van der Waals surface area contributed by atoms with Crippen LogP contribution in [0.1, 0.15) is 26.0 Å². The van der Waals surface area contributed by atoms with E-state index in [1.807, 2.05) is 24.4 Å². The van der Waals surface area contributed by atoms with Gasteiger partial charge in [-0.05, 0) is 18.6 Å². The fourth-order valence-electron chi connectivity index (χ4n) is 1.53. The fourth-order valence-corrected chi connectivity index (χ4v) is 2.43. The topological polar surface area (TPSA) is 43.6 Å².